The van der Waals surface area contributed by atoms with Gasteiger partial charge in [-0.25, -0.2) is 4.98 Å². The lowest BCUT2D eigenvalue weighted by Gasteiger charge is -2.15. The van der Waals surface area contributed by atoms with Crippen LogP contribution in [0.1, 0.15) is 58.1 Å². The summed E-state index contributed by atoms with van der Waals surface area (Å²) in [5, 5.41) is 4.80. The molecule has 1 heterocycles. The molecule has 2 aromatic carbocycles. The number of aromatic nitrogens is 1. The molecule has 0 aliphatic heterocycles. The molecule has 0 spiro atoms. The van der Waals surface area contributed by atoms with E-state index in [2.05, 4.69) is 55.1 Å². The van der Waals surface area contributed by atoms with Gasteiger partial charge in [-0.2, -0.15) is 0 Å². The van der Waals surface area contributed by atoms with Crippen LogP contribution in [0.15, 0.2) is 48.5 Å². The third kappa shape index (κ3) is 6.90. The Labute approximate surface area is 194 Å². The highest BCUT2D eigenvalue weighted by Crippen LogP contribution is 2.25. The Bertz CT molecular complexity index is 977. The SMILES string of the molecule is CCC(NCc1ccc(COc2ccc(CCC(=O)OC)cc2)cc1)c1nc(C)c(C)s1. The number of hydrogen-bond acceptors (Lipinski definition) is 6. The van der Waals surface area contributed by atoms with Crippen LogP contribution >= 0.6 is 11.3 Å². The largest absolute Gasteiger partial charge is 0.489 e. The molecular formula is C26H32N2O3S. The molecule has 0 saturated heterocycles. The normalized spacial score (nSPS) is 11.9. The van der Waals surface area contributed by atoms with Crippen LogP contribution in [0.5, 0.6) is 5.75 Å². The summed E-state index contributed by atoms with van der Waals surface area (Å²) in [6.45, 7) is 7.72. The second-order valence-electron chi connectivity index (χ2n) is 7.86. The first-order valence-electron chi connectivity index (χ1n) is 11.0. The van der Waals surface area contributed by atoms with Gasteiger partial charge in [-0.05, 0) is 55.5 Å². The van der Waals surface area contributed by atoms with Crippen LogP contribution in [-0.2, 0) is 29.1 Å². The molecule has 0 fully saturated rings. The minimum atomic E-state index is -0.192. The number of benzene rings is 2. The zero-order chi connectivity index (χ0) is 22.9. The highest BCUT2D eigenvalue weighted by molar-refractivity contribution is 7.11. The monoisotopic (exact) mass is 452 g/mol. The van der Waals surface area contributed by atoms with E-state index >= 15 is 0 Å². The Morgan fingerprint density at radius 2 is 1.69 bits per heavy atom. The zero-order valence-corrected chi connectivity index (χ0v) is 20.1. The van der Waals surface area contributed by atoms with Gasteiger partial charge in [0.25, 0.3) is 0 Å². The number of esters is 1. The van der Waals surface area contributed by atoms with Gasteiger partial charge in [0.15, 0.2) is 0 Å². The number of nitrogens with zero attached hydrogens (tertiary/aromatic N) is 1. The van der Waals surface area contributed by atoms with Gasteiger partial charge in [0.1, 0.15) is 17.4 Å². The fraction of sp³-hybridized carbons (Fsp3) is 0.385. The molecule has 3 rings (SSSR count). The van der Waals surface area contributed by atoms with Crippen LogP contribution in [0.4, 0.5) is 0 Å². The van der Waals surface area contributed by atoms with Crippen molar-refractivity contribution in [3.05, 3.63) is 80.8 Å². The summed E-state index contributed by atoms with van der Waals surface area (Å²) in [6.07, 6.45) is 2.07. The van der Waals surface area contributed by atoms with Gasteiger partial charge >= 0.3 is 5.97 Å². The van der Waals surface area contributed by atoms with Gasteiger partial charge < -0.3 is 14.8 Å². The van der Waals surface area contributed by atoms with E-state index in [1.807, 2.05) is 24.3 Å². The number of methoxy groups -OCH3 is 1. The highest BCUT2D eigenvalue weighted by atomic mass is 32.1. The fourth-order valence-electron chi connectivity index (χ4n) is 3.31. The van der Waals surface area contributed by atoms with Gasteiger partial charge in [-0.1, -0.05) is 43.3 Å². The second kappa shape index (κ2) is 11.8. The van der Waals surface area contributed by atoms with Gasteiger partial charge in [0, 0.05) is 17.8 Å². The minimum absolute atomic E-state index is 0.192. The van der Waals surface area contributed by atoms with Crippen LogP contribution in [0.25, 0.3) is 0 Å². The first-order valence-corrected chi connectivity index (χ1v) is 11.8. The Hall–Kier alpha value is -2.70. The number of thiazole rings is 1. The molecule has 32 heavy (non-hydrogen) atoms. The van der Waals surface area contributed by atoms with Crippen molar-refractivity contribution in [1.29, 1.82) is 0 Å². The van der Waals surface area contributed by atoms with Crippen LogP contribution in [0.2, 0.25) is 0 Å². The number of nitrogens with one attached hydrogen (secondary N) is 1. The van der Waals surface area contributed by atoms with E-state index in [-0.39, 0.29) is 12.0 Å². The van der Waals surface area contributed by atoms with Crippen LogP contribution in [0, 0.1) is 13.8 Å². The molecule has 1 atom stereocenters. The summed E-state index contributed by atoms with van der Waals surface area (Å²) in [7, 11) is 1.41. The van der Waals surface area contributed by atoms with E-state index < -0.39 is 0 Å². The van der Waals surface area contributed by atoms with Crippen molar-refractivity contribution in [1.82, 2.24) is 10.3 Å². The molecule has 0 aliphatic rings. The Balaban J connectivity index is 1.46. The van der Waals surface area contributed by atoms with Crippen molar-refractivity contribution >= 4 is 17.3 Å². The Kier molecular flexibility index (Phi) is 8.82. The highest BCUT2D eigenvalue weighted by Gasteiger charge is 2.14. The van der Waals surface area contributed by atoms with Crippen molar-refractivity contribution in [3.8, 4) is 5.75 Å². The predicted octanol–water partition coefficient (Wildman–Crippen LogP) is 5.69. The molecule has 5 nitrogen and oxygen atoms in total. The Morgan fingerprint density at radius 3 is 2.28 bits per heavy atom. The number of hydrogen-bond donors (Lipinski definition) is 1. The quantitative estimate of drug-likeness (QED) is 0.379. The maximum absolute atomic E-state index is 11.2. The summed E-state index contributed by atoms with van der Waals surface area (Å²) in [5.41, 5.74) is 4.59. The lowest BCUT2D eigenvalue weighted by Crippen LogP contribution is -2.20. The molecule has 6 heteroatoms. The third-order valence-electron chi connectivity index (χ3n) is 5.50. The first kappa shape index (κ1) is 24.0. The van der Waals surface area contributed by atoms with Crippen molar-refractivity contribution in [2.75, 3.05) is 7.11 Å². The first-order chi connectivity index (χ1) is 15.5. The van der Waals surface area contributed by atoms with Crippen LogP contribution < -0.4 is 10.1 Å². The molecule has 1 unspecified atom stereocenters. The molecule has 170 valence electrons. The van der Waals surface area contributed by atoms with Crippen molar-refractivity contribution < 1.29 is 14.3 Å². The molecule has 3 aromatic rings. The zero-order valence-electron chi connectivity index (χ0n) is 19.3. The summed E-state index contributed by atoms with van der Waals surface area (Å²) >= 11 is 1.78. The van der Waals surface area contributed by atoms with Crippen molar-refractivity contribution in [2.45, 2.75) is 59.2 Å². The smallest absolute Gasteiger partial charge is 0.305 e. The number of rotatable bonds is 11. The predicted molar refractivity (Wildman–Crippen MR) is 129 cm³/mol. The number of ether oxygens (including phenoxy) is 2. The molecule has 0 aliphatic carbocycles. The van der Waals surface area contributed by atoms with Crippen molar-refractivity contribution in [3.63, 3.8) is 0 Å². The van der Waals surface area contributed by atoms with Crippen LogP contribution in [0.3, 0.4) is 0 Å². The lowest BCUT2D eigenvalue weighted by molar-refractivity contribution is -0.140. The fourth-order valence-corrected chi connectivity index (χ4v) is 4.40. The van der Waals surface area contributed by atoms with Crippen LogP contribution in [-0.4, -0.2) is 18.1 Å². The van der Waals surface area contributed by atoms with Gasteiger partial charge in [-0.3, -0.25) is 4.79 Å². The van der Waals surface area contributed by atoms with E-state index in [0.717, 1.165) is 35.5 Å². The van der Waals surface area contributed by atoms with E-state index in [4.69, 9.17) is 9.72 Å². The third-order valence-corrected chi connectivity index (χ3v) is 6.69. The maximum Gasteiger partial charge on any atom is 0.305 e. The number of carbonyl (C=O) groups is 1. The minimum Gasteiger partial charge on any atom is -0.489 e. The second-order valence-corrected chi connectivity index (χ2v) is 9.10. The van der Waals surface area contributed by atoms with Gasteiger partial charge in [0.2, 0.25) is 0 Å². The molecular weight excluding hydrogens is 420 g/mol. The number of carbonyl (C=O) groups excluding carboxylic acids is 1. The summed E-state index contributed by atoms with van der Waals surface area (Å²) in [6, 6.07) is 16.7. The molecule has 0 amide bonds. The topological polar surface area (TPSA) is 60.5 Å². The molecule has 1 N–H and O–H groups in total. The molecule has 1 aromatic heterocycles. The maximum atomic E-state index is 11.2. The van der Waals surface area contributed by atoms with Crippen molar-refractivity contribution in [2.24, 2.45) is 0 Å². The lowest BCUT2D eigenvalue weighted by atomic mass is 10.1. The summed E-state index contributed by atoms with van der Waals surface area (Å²) in [5.74, 6) is 0.625. The van der Waals surface area contributed by atoms with Gasteiger partial charge in [0.05, 0.1) is 18.8 Å². The standard InChI is InChI=1S/C26H32N2O3S/c1-5-24(26-28-18(2)19(3)32-26)27-16-21-6-8-22(9-7-21)17-31-23-13-10-20(11-14-23)12-15-25(29)30-4/h6-11,13-14,24,27H,5,12,15-17H2,1-4H3. The van der Waals surface area contributed by atoms with E-state index in [0.29, 0.717) is 19.4 Å². The summed E-state index contributed by atoms with van der Waals surface area (Å²) < 4.78 is 10.6. The molecule has 0 radical (unpaired) electrons. The van der Waals surface area contributed by atoms with Gasteiger partial charge in [-0.15, -0.1) is 11.3 Å². The molecule has 0 saturated carbocycles. The van der Waals surface area contributed by atoms with E-state index in [9.17, 15) is 4.79 Å². The summed E-state index contributed by atoms with van der Waals surface area (Å²) in [4.78, 5) is 17.2. The average molecular weight is 453 g/mol. The van der Waals surface area contributed by atoms with E-state index in [1.54, 1.807) is 11.3 Å². The Morgan fingerprint density at radius 1 is 1.03 bits per heavy atom. The van der Waals surface area contributed by atoms with E-state index in [1.165, 1.54) is 22.6 Å². The number of aryl methyl sites for hydroxylation is 3. The average Bonchev–Trinajstić information content (AvgIpc) is 3.15. The molecule has 0 bridgehead atoms.